The topological polar surface area (TPSA) is 40.5 Å². The Morgan fingerprint density at radius 3 is 2.94 bits per heavy atom. The number of hydrogen-bond acceptors (Lipinski definition) is 2. The largest absolute Gasteiger partial charge is 0.478 e. The molecule has 1 aliphatic heterocycles. The molecule has 1 saturated heterocycles. The van der Waals surface area contributed by atoms with Crippen LogP contribution >= 0.6 is 0 Å². The average Bonchev–Trinajstić information content (AvgIpc) is 2.34. The van der Waals surface area contributed by atoms with Gasteiger partial charge in [-0.05, 0) is 44.0 Å². The molecule has 1 atom stereocenters. The second kappa shape index (κ2) is 5.48. The molecule has 0 aliphatic carbocycles. The number of benzene rings is 1. The predicted octanol–water partition coefficient (Wildman–Crippen LogP) is 2.90. The minimum Gasteiger partial charge on any atom is -0.478 e. The lowest BCUT2D eigenvalue weighted by Crippen LogP contribution is -2.37. The number of carboxylic acids is 1. The number of aromatic carboxylic acids is 1. The zero-order valence-electron chi connectivity index (χ0n) is 10.5. The summed E-state index contributed by atoms with van der Waals surface area (Å²) in [6.45, 7) is 3.73. The Labute approximate surface area is 106 Å². The van der Waals surface area contributed by atoms with E-state index < -0.39 is 11.8 Å². The standard InChI is InChI=1S/C14H18FNO2/c1-10-4-2-3-7-16(10)9-11-5-6-12(15)8-13(11)14(17)18/h5-6,8,10H,2-4,7,9H2,1H3,(H,17,18). The molecule has 0 amide bonds. The molecule has 0 aromatic heterocycles. The Bertz CT molecular complexity index is 447. The van der Waals surface area contributed by atoms with E-state index in [1.807, 2.05) is 0 Å². The molecule has 4 heteroatoms. The van der Waals surface area contributed by atoms with Crippen LogP contribution in [0.3, 0.4) is 0 Å². The Hall–Kier alpha value is -1.42. The minimum atomic E-state index is -1.06. The van der Waals surface area contributed by atoms with Gasteiger partial charge in [0, 0.05) is 12.6 Å². The molecule has 0 radical (unpaired) electrons. The molecule has 1 N–H and O–H groups in total. The third-order valence-electron chi connectivity index (χ3n) is 3.62. The quantitative estimate of drug-likeness (QED) is 0.898. The molecule has 1 unspecified atom stereocenters. The fourth-order valence-electron chi connectivity index (χ4n) is 2.50. The van der Waals surface area contributed by atoms with Crippen LogP contribution in [0.2, 0.25) is 0 Å². The van der Waals surface area contributed by atoms with E-state index >= 15 is 0 Å². The fourth-order valence-corrected chi connectivity index (χ4v) is 2.50. The van der Waals surface area contributed by atoms with Gasteiger partial charge in [0.05, 0.1) is 5.56 Å². The number of carboxylic acid groups (broad SMARTS) is 1. The lowest BCUT2D eigenvalue weighted by Gasteiger charge is -2.33. The number of hydrogen-bond donors (Lipinski definition) is 1. The van der Waals surface area contributed by atoms with Gasteiger partial charge in [-0.2, -0.15) is 0 Å². The highest BCUT2D eigenvalue weighted by atomic mass is 19.1. The molecule has 0 saturated carbocycles. The Morgan fingerprint density at radius 2 is 2.28 bits per heavy atom. The highest BCUT2D eigenvalue weighted by molar-refractivity contribution is 5.89. The molecule has 1 fully saturated rings. The van der Waals surface area contributed by atoms with Gasteiger partial charge in [0.2, 0.25) is 0 Å². The molecule has 0 bridgehead atoms. The van der Waals surface area contributed by atoms with Crippen LogP contribution in [0.1, 0.15) is 42.1 Å². The van der Waals surface area contributed by atoms with E-state index in [9.17, 15) is 9.18 Å². The molecular formula is C14H18FNO2. The minimum absolute atomic E-state index is 0.0766. The summed E-state index contributed by atoms with van der Waals surface area (Å²) >= 11 is 0. The van der Waals surface area contributed by atoms with Crippen LogP contribution in [0.25, 0.3) is 0 Å². The van der Waals surface area contributed by atoms with Crippen molar-refractivity contribution in [2.24, 2.45) is 0 Å². The van der Waals surface area contributed by atoms with E-state index in [0.29, 0.717) is 18.2 Å². The van der Waals surface area contributed by atoms with E-state index in [1.165, 1.54) is 12.5 Å². The molecule has 2 rings (SSSR count). The summed E-state index contributed by atoms with van der Waals surface area (Å²) in [6.07, 6.45) is 3.52. The van der Waals surface area contributed by atoms with E-state index in [-0.39, 0.29) is 5.56 Å². The van der Waals surface area contributed by atoms with Crippen LogP contribution in [0.5, 0.6) is 0 Å². The number of carbonyl (C=O) groups is 1. The van der Waals surface area contributed by atoms with Crippen molar-refractivity contribution < 1.29 is 14.3 Å². The summed E-state index contributed by atoms with van der Waals surface area (Å²) < 4.78 is 13.1. The summed E-state index contributed by atoms with van der Waals surface area (Å²) in [4.78, 5) is 13.4. The Kier molecular flexibility index (Phi) is 3.97. The summed E-state index contributed by atoms with van der Waals surface area (Å²) in [5.41, 5.74) is 0.769. The monoisotopic (exact) mass is 251 g/mol. The number of piperidine rings is 1. The Morgan fingerprint density at radius 1 is 1.50 bits per heavy atom. The summed E-state index contributed by atoms with van der Waals surface area (Å²) in [5, 5.41) is 9.10. The van der Waals surface area contributed by atoms with Crippen LogP contribution in [0.15, 0.2) is 18.2 Å². The van der Waals surface area contributed by atoms with Crippen molar-refractivity contribution in [3.63, 3.8) is 0 Å². The van der Waals surface area contributed by atoms with Crippen LogP contribution in [-0.4, -0.2) is 28.6 Å². The van der Waals surface area contributed by atoms with Crippen LogP contribution < -0.4 is 0 Å². The second-order valence-electron chi connectivity index (χ2n) is 4.92. The van der Waals surface area contributed by atoms with Gasteiger partial charge in [-0.15, -0.1) is 0 Å². The first-order chi connectivity index (χ1) is 8.58. The SMILES string of the molecule is CC1CCCCN1Cc1ccc(F)cc1C(=O)O. The maximum absolute atomic E-state index is 13.1. The molecule has 0 spiro atoms. The number of rotatable bonds is 3. The van der Waals surface area contributed by atoms with Gasteiger partial charge in [-0.3, -0.25) is 4.90 Å². The molecule has 1 aromatic carbocycles. The van der Waals surface area contributed by atoms with Gasteiger partial charge in [-0.25, -0.2) is 9.18 Å². The van der Waals surface area contributed by atoms with E-state index in [2.05, 4.69) is 11.8 Å². The van der Waals surface area contributed by atoms with Crippen molar-refractivity contribution >= 4 is 5.97 Å². The summed E-state index contributed by atoms with van der Waals surface area (Å²) in [5.74, 6) is -1.56. The normalized spacial score (nSPS) is 20.9. The Balaban J connectivity index is 2.20. The second-order valence-corrected chi connectivity index (χ2v) is 4.92. The highest BCUT2D eigenvalue weighted by Gasteiger charge is 2.20. The van der Waals surface area contributed by atoms with Crippen LogP contribution in [-0.2, 0) is 6.54 Å². The molecule has 1 aliphatic rings. The lowest BCUT2D eigenvalue weighted by atomic mass is 10.0. The van der Waals surface area contributed by atoms with Crippen molar-refractivity contribution in [2.45, 2.75) is 38.8 Å². The van der Waals surface area contributed by atoms with E-state index in [0.717, 1.165) is 25.5 Å². The third kappa shape index (κ3) is 2.88. The van der Waals surface area contributed by atoms with Gasteiger partial charge in [0.1, 0.15) is 5.82 Å². The van der Waals surface area contributed by atoms with Gasteiger partial charge in [0.25, 0.3) is 0 Å². The van der Waals surface area contributed by atoms with Gasteiger partial charge in [-0.1, -0.05) is 12.5 Å². The van der Waals surface area contributed by atoms with Crippen molar-refractivity contribution in [3.8, 4) is 0 Å². The number of likely N-dealkylation sites (tertiary alicyclic amines) is 1. The van der Waals surface area contributed by atoms with E-state index in [4.69, 9.17) is 5.11 Å². The van der Waals surface area contributed by atoms with E-state index in [1.54, 1.807) is 6.07 Å². The van der Waals surface area contributed by atoms with Crippen molar-refractivity contribution in [2.75, 3.05) is 6.54 Å². The van der Waals surface area contributed by atoms with Crippen LogP contribution in [0.4, 0.5) is 4.39 Å². The lowest BCUT2D eigenvalue weighted by molar-refractivity contribution is 0.0692. The first kappa shape index (κ1) is 13.0. The van der Waals surface area contributed by atoms with Gasteiger partial charge >= 0.3 is 5.97 Å². The molecule has 3 nitrogen and oxygen atoms in total. The van der Waals surface area contributed by atoms with Crippen LogP contribution in [0, 0.1) is 5.82 Å². The molecule has 18 heavy (non-hydrogen) atoms. The summed E-state index contributed by atoms with van der Waals surface area (Å²) in [6, 6.07) is 4.48. The number of nitrogens with zero attached hydrogens (tertiary/aromatic N) is 1. The third-order valence-corrected chi connectivity index (χ3v) is 3.62. The zero-order valence-corrected chi connectivity index (χ0v) is 10.5. The molecule has 1 aromatic rings. The maximum Gasteiger partial charge on any atom is 0.336 e. The van der Waals surface area contributed by atoms with Crippen molar-refractivity contribution in [1.82, 2.24) is 4.90 Å². The van der Waals surface area contributed by atoms with Gasteiger partial charge in [0.15, 0.2) is 0 Å². The van der Waals surface area contributed by atoms with Crippen molar-refractivity contribution in [3.05, 3.63) is 35.1 Å². The molecule has 1 heterocycles. The fraction of sp³-hybridized carbons (Fsp3) is 0.500. The molecular weight excluding hydrogens is 233 g/mol. The smallest absolute Gasteiger partial charge is 0.336 e. The maximum atomic E-state index is 13.1. The van der Waals surface area contributed by atoms with Crippen molar-refractivity contribution in [1.29, 1.82) is 0 Å². The zero-order chi connectivity index (χ0) is 13.1. The predicted molar refractivity (Wildman–Crippen MR) is 67.1 cm³/mol. The number of halogens is 1. The first-order valence-corrected chi connectivity index (χ1v) is 6.33. The average molecular weight is 251 g/mol. The summed E-state index contributed by atoms with van der Waals surface area (Å²) in [7, 11) is 0. The molecule has 98 valence electrons. The van der Waals surface area contributed by atoms with Gasteiger partial charge < -0.3 is 5.11 Å². The first-order valence-electron chi connectivity index (χ1n) is 6.33. The highest BCUT2D eigenvalue weighted by Crippen LogP contribution is 2.21.